The first-order valence-electron chi connectivity index (χ1n) is 6.09. The van der Waals surface area contributed by atoms with Gasteiger partial charge in [-0.25, -0.2) is 0 Å². The Morgan fingerprint density at radius 1 is 1.24 bits per heavy atom. The minimum atomic E-state index is 0.329. The molecule has 2 aliphatic rings. The van der Waals surface area contributed by atoms with Gasteiger partial charge in [-0.2, -0.15) is 0 Å². The smallest absolute Gasteiger partial charge is 0.142 e. The lowest BCUT2D eigenvalue weighted by atomic mass is 10.0. The van der Waals surface area contributed by atoms with Crippen LogP contribution < -0.4 is 10.1 Å². The molecular weight excluding hydrogens is 257 g/mol. The molecule has 0 bridgehead atoms. The first-order valence-corrected chi connectivity index (χ1v) is 6.85. The number of hydrogen-bond donors (Lipinski definition) is 1. The molecule has 0 aromatic heterocycles. The second kappa shape index (κ2) is 4.68. The second-order valence-electron chi connectivity index (χ2n) is 4.85. The van der Waals surface area contributed by atoms with E-state index in [1.54, 1.807) is 6.07 Å². The van der Waals surface area contributed by atoms with Crippen molar-refractivity contribution in [2.45, 2.75) is 25.3 Å². The van der Waals surface area contributed by atoms with Gasteiger partial charge in [0.25, 0.3) is 0 Å². The van der Waals surface area contributed by atoms with Crippen molar-refractivity contribution in [3.63, 3.8) is 0 Å². The van der Waals surface area contributed by atoms with Crippen molar-refractivity contribution >= 4 is 23.2 Å². The van der Waals surface area contributed by atoms with E-state index in [1.807, 2.05) is 6.07 Å². The molecule has 4 heteroatoms. The van der Waals surface area contributed by atoms with Crippen LogP contribution in [0.3, 0.4) is 0 Å². The topological polar surface area (TPSA) is 21.3 Å². The molecule has 2 nitrogen and oxygen atoms in total. The highest BCUT2D eigenvalue weighted by Gasteiger charge is 2.27. The SMILES string of the molecule is Clc1cc(Cl)c2c(c1)C(NCC1CC1)CCO2. The highest BCUT2D eigenvalue weighted by atomic mass is 35.5. The van der Waals surface area contributed by atoms with Gasteiger partial charge >= 0.3 is 0 Å². The third-order valence-electron chi connectivity index (χ3n) is 3.42. The average Bonchev–Trinajstić information content (AvgIpc) is 3.10. The molecule has 1 aromatic carbocycles. The third-order valence-corrected chi connectivity index (χ3v) is 3.91. The van der Waals surface area contributed by atoms with Crippen molar-refractivity contribution in [3.8, 4) is 5.75 Å². The Bertz CT molecular complexity index is 432. The fourth-order valence-electron chi connectivity index (χ4n) is 2.27. The quantitative estimate of drug-likeness (QED) is 0.903. The average molecular weight is 272 g/mol. The van der Waals surface area contributed by atoms with Gasteiger partial charge in [-0.3, -0.25) is 0 Å². The van der Waals surface area contributed by atoms with Crippen molar-refractivity contribution in [3.05, 3.63) is 27.7 Å². The number of benzene rings is 1. The zero-order valence-electron chi connectivity index (χ0n) is 9.51. The number of nitrogens with one attached hydrogen (secondary N) is 1. The molecule has 1 saturated carbocycles. The Balaban J connectivity index is 1.83. The first-order chi connectivity index (χ1) is 8.24. The number of hydrogen-bond acceptors (Lipinski definition) is 2. The molecule has 1 N–H and O–H groups in total. The van der Waals surface area contributed by atoms with Gasteiger partial charge in [0.05, 0.1) is 11.6 Å². The largest absolute Gasteiger partial charge is 0.492 e. The highest BCUT2D eigenvalue weighted by molar-refractivity contribution is 6.35. The van der Waals surface area contributed by atoms with E-state index in [4.69, 9.17) is 27.9 Å². The zero-order chi connectivity index (χ0) is 11.8. The first kappa shape index (κ1) is 11.6. The number of rotatable bonds is 3. The summed E-state index contributed by atoms with van der Waals surface area (Å²) < 4.78 is 5.63. The van der Waals surface area contributed by atoms with Crippen LogP contribution in [-0.4, -0.2) is 13.2 Å². The molecule has 1 aromatic rings. The Hall–Kier alpha value is -0.440. The minimum Gasteiger partial charge on any atom is -0.492 e. The molecule has 3 rings (SSSR count). The predicted molar refractivity (Wildman–Crippen MR) is 70.0 cm³/mol. The monoisotopic (exact) mass is 271 g/mol. The lowest BCUT2D eigenvalue weighted by Crippen LogP contribution is -2.28. The van der Waals surface area contributed by atoms with Crippen LogP contribution in [0.5, 0.6) is 5.75 Å². The van der Waals surface area contributed by atoms with E-state index in [-0.39, 0.29) is 0 Å². The molecule has 0 saturated heterocycles. The van der Waals surface area contributed by atoms with Gasteiger partial charge < -0.3 is 10.1 Å². The van der Waals surface area contributed by atoms with Crippen LogP contribution in [-0.2, 0) is 0 Å². The standard InChI is InChI=1S/C13H15Cl2NO/c14-9-5-10-12(16-7-8-1-2-8)3-4-17-13(10)11(15)6-9/h5-6,8,12,16H,1-4,7H2. The molecule has 0 spiro atoms. The summed E-state index contributed by atoms with van der Waals surface area (Å²) >= 11 is 12.2. The highest BCUT2D eigenvalue weighted by Crippen LogP contribution is 2.40. The van der Waals surface area contributed by atoms with E-state index in [0.717, 1.165) is 36.8 Å². The maximum Gasteiger partial charge on any atom is 0.142 e. The molecule has 1 unspecified atom stereocenters. The Morgan fingerprint density at radius 2 is 2.06 bits per heavy atom. The van der Waals surface area contributed by atoms with Crippen LogP contribution in [0.2, 0.25) is 10.0 Å². The number of ether oxygens (including phenoxy) is 1. The summed E-state index contributed by atoms with van der Waals surface area (Å²) in [6, 6.07) is 4.04. The molecule has 1 heterocycles. The summed E-state index contributed by atoms with van der Waals surface area (Å²) in [5.41, 5.74) is 1.11. The zero-order valence-corrected chi connectivity index (χ0v) is 11.0. The summed E-state index contributed by atoms with van der Waals surface area (Å²) in [6.07, 6.45) is 3.70. The summed E-state index contributed by atoms with van der Waals surface area (Å²) in [7, 11) is 0. The molecule has 1 aliphatic heterocycles. The van der Waals surface area contributed by atoms with Gasteiger partial charge in [0.15, 0.2) is 0 Å². The Labute approximate surface area is 111 Å². The van der Waals surface area contributed by atoms with Crippen LogP contribution in [0.4, 0.5) is 0 Å². The Morgan fingerprint density at radius 3 is 2.82 bits per heavy atom. The molecule has 92 valence electrons. The van der Waals surface area contributed by atoms with Crippen LogP contribution >= 0.6 is 23.2 Å². The van der Waals surface area contributed by atoms with Gasteiger partial charge in [0.2, 0.25) is 0 Å². The van der Waals surface area contributed by atoms with E-state index in [0.29, 0.717) is 16.1 Å². The van der Waals surface area contributed by atoms with E-state index in [9.17, 15) is 0 Å². The maximum absolute atomic E-state index is 6.15. The van der Waals surface area contributed by atoms with Crippen molar-refractivity contribution in [1.82, 2.24) is 5.32 Å². The van der Waals surface area contributed by atoms with Crippen LogP contribution in [0.25, 0.3) is 0 Å². The Kier molecular flexibility index (Phi) is 3.20. The van der Waals surface area contributed by atoms with E-state index in [1.165, 1.54) is 12.8 Å². The maximum atomic E-state index is 6.15. The molecule has 1 atom stereocenters. The van der Waals surface area contributed by atoms with E-state index >= 15 is 0 Å². The third kappa shape index (κ3) is 2.54. The van der Waals surface area contributed by atoms with Gasteiger partial charge in [0.1, 0.15) is 5.75 Å². The van der Waals surface area contributed by atoms with Gasteiger partial charge in [-0.15, -0.1) is 0 Å². The lowest BCUT2D eigenvalue weighted by molar-refractivity contribution is 0.252. The van der Waals surface area contributed by atoms with Crippen molar-refractivity contribution < 1.29 is 4.74 Å². The fraction of sp³-hybridized carbons (Fsp3) is 0.538. The summed E-state index contributed by atoms with van der Waals surface area (Å²) in [5, 5.41) is 4.89. The van der Waals surface area contributed by atoms with E-state index in [2.05, 4.69) is 5.32 Å². The second-order valence-corrected chi connectivity index (χ2v) is 5.69. The predicted octanol–water partition coefficient (Wildman–Crippen LogP) is 3.82. The molecule has 1 aliphatic carbocycles. The van der Waals surface area contributed by atoms with Crippen LogP contribution in [0.1, 0.15) is 30.9 Å². The number of fused-ring (bicyclic) bond motifs is 1. The van der Waals surface area contributed by atoms with Crippen molar-refractivity contribution in [2.24, 2.45) is 5.92 Å². The molecule has 0 radical (unpaired) electrons. The van der Waals surface area contributed by atoms with Crippen molar-refractivity contribution in [2.75, 3.05) is 13.2 Å². The molecular formula is C13H15Cl2NO. The lowest BCUT2D eigenvalue weighted by Gasteiger charge is -2.27. The van der Waals surface area contributed by atoms with E-state index < -0.39 is 0 Å². The van der Waals surface area contributed by atoms with Gasteiger partial charge in [-0.1, -0.05) is 23.2 Å². The fourth-order valence-corrected chi connectivity index (χ4v) is 2.83. The normalized spacial score (nSPS) is 23.1. The molecule has 1 fully saturated rings. The molecule has 17 heavy (non-hydrogen) atoms. The van der Waals surface area contributed by atoms with Gasteiger partial charge in [0, 0.05) is 23.0 Å². The number of halogens is 2. The van der Waals surface area contributed by atoms with Crippen LogP contribution in [0.15, 0.2) is 12.1 Å². The molecule has 0 amide bonds. The minimum absolute atomic E-state index is 0.329. The van der Waals surface area contributed by atoms with Gasteiger partial charge in [-0.05, 0) is 37.4 Å². The van der Waals surface area contributed by atoms with Crippen LogP contribution in [0, 0.1) is 5.92 Å². The summed E-state index contributed by atoms with van der Waals surface area (Å²) in [5.74, 6) is 1.67. The summed E-state index contributed by atoms with van der Waals surface area (Å²) in [4.78, 5) is 0. The van der Waals surface area contributed by atoms with Crippen molar-refractivity contribution in [1.29, 1.82) is 0 Å². The summed E-state index contributed by atoms with van der Waals surface area (Å²) in [6.45, 7) is 1.81.